The van der Waals surface area contributed by atoms with Crippen LogP contribution in [-0.4, -0.2) is 55.8 Å². The molecule has 0 radical (unpaired) electrons. The van der Waals surface area contributed by atoms with Crippen LogP contribution >= 0.6 is 15.9 Å². The van der Waals surface area contributed by atoms with Crippen LogP contribution in [0, 0.1) is 0 Å². The highest BCUT2D eigenvalue weighted by Crippen LogP contribution is 2.35. The molecule has 0 aromatic heterocycles. The van der Waals surface area contributed by atoms with Crippen LogP contribution in [0.2, 0.25) is 0 Å². The largest absolute Gasteiger partial charge is 0.490 e. The topological polar surface area (TPSA) is 157 Å². The Balaban J connectivity index is 1.67. The maximum Gasteiger partial charge on any atom is 0.337 e. The van der Waals surface area contributed by atoms with Gasteiger partial charge in [-0.05, 0) is 71.2 Å². The van der Waals surface area contributed by atoms with Crippen LogP contribution in [0.25, 0.3) is 0 Å². The van der Waals surface area contributed by atoms with Gasteiger partial charge in [-0.1, -0.05) is 6.07 Å². The fourth-order valence-corrected chi connectivity index (χ4v) is 4.13. The maximum absolute atomic E-state index is 12.4. The molecule has 208 valence electrons. The van der Waals surface area contributed by atoms with E-state index in [2.05, 4.69) is 37.1 Å². The average Bonchev–Trinajstić information content (AvgIpc) is 2.88. The van der Waals surface area contributed by atoms with Crippen molar-refractivity contribution in [2.75, 3.05) is 20.3 Å². The number of ether oxygens (including phenoxy) is 4. The van der Waals surface area contributed by atoms with Crippen molar-refractivity contribution in [3.05, 3.63) is 63.3 Å². The molecule has 2 atom stereocenters. The highest BCUT2D eigenvalue weighted by atomic mass is 79.9. The summed E-state index contributed by atoms with van der Waals surface area (Å²) in [6.45, 7) is 4.89. The second kappa shape index (κ2) is 13.6. The van der Waals surface area contributed by atoms with Gasteiger partial charge in [0, 0.05) is 12.6 Å². The first-order valence-corrected chi connectivity index (χ1v) is 12.6. The van der Waals surface area contributed by atoms with Crippen molar-refractivity contribution in [1.29, 1.82) is 0 Å². The third kappa shape index (κ3) is 7.94. The summed E-state index contributed by atoms with van der Waals surface area (Å²) in [4.78, 5) is 35.6. The van der Waals surface area contributed by atoms with Gasteiger partial charge in [-0.15, -0.1) is 0 Å². The van der Waals surface area contributed by atoms with Crippen molar-refractivity contribution in [3.63, 3.8) is 0 Å². The molecule has 39 heavy (non-hydrogen) atoms. The van der Waals surface area contributed by atoms with Gasteiger partial charge >= 0.3 is 18.0 Å². The number of esters is 2. The van der Waals surface area contributed by atoms with Gasteiger partial charge in [0.25, 0.3) is 0 Å². The number of hydrazone groups is 1. The monoisotopic (exact) mass is 604 g/mol. The molecule has 0 saturated heterocycles. The molecule has 2 aromatic rings. The van der Waals surface area contributed by atoms with E-state index in [1.165, 1.54) is 20.2 Å². The van der Waals surface area contributed by atoms with Crippen LogP contribution in [0.3, 0.4) is 0 Å². The Labute approximate surface area is 233 Å². The van der Waals surface area contributed by atoms with Gasteiger partial charge in [0.15, 0.2) is 17.7 Å². The van der Waals surface area contributed by atoms with Gasteiger partial charge < -0.3 is 34.7 Å². The number of hydrogen-bond donors (Lipinski definition) is 4. The molecule has 0 unspecified atom stereocenters. The fraction of sp³-hybridized carbons (Fsp3) is 0.308. The highest BCUT2D eigenvalue weighted by molar-refractivity contribution is 9.10. The van der Waals surface area contributed by atoms with Crippen molar-refractivity contribution in [2.45, 2.75) is 33.0 Å². The lowest BCUT2D eigenvalue weighted by molar-refractivity contribution is -0.136. The number of nitrogens with zero attached hydrogens (tertiary/aromatic N) is 1. The van der Waals surface area contributed by atoms with E-state index in [4.69, 9.17) is 18.9 Å². The van der Waals surface area contributed by atoms with Gasteiger partial charge in [-0.3, -0.25) is 10.2 Å². The molecule has 2 amide bonds. The molecule has 4 N–H and O–H groups in total. The Bertz CT molecular complexity index is 1300. The highest BCUT2D eigenvalue weighted by Gasteiger charge is 2.32. The number of amides is 2. The molecule has 0 fully saturated rings. The number of benzene rings is 2. The number of urea groups is 1. The summed E-state index contributed by atoms with van der Waals surface area (Å²) in [5.41, 5.74) is 4.48. The number of hydrogen-bond acceptors (Lipinski definition) is 10. The maximum atomic E-state index is 12.4. The standard InChI is InChI=1S/C26H29BrN4O8/c1-5-37-21-11-17(24-23(25(34)36-4)14(2)29-26(35)30-24)7-9-20(21)38-13-22(33)31-28-12-16-6-8-19(18(27)10-16)39-15(3)32/h6-12,22,24,31,33H,5,13H2,1-4H3,(H2,29,30,35)/b28-12+/t22-,24-/m1/s1. The van der Waals surface area contributed by atoms with Crippen molar-refractivity contribution in [3.8, 4) is 17.2 Å². The number of aliphatic hydroxyl groups is 1. The first-order chi connectivity index (χ1) is 18.6. The Morgan fingerprint density at radius 1 is 1.18 bits per heavy atom. The van der Waals surface area contributed by atoms with Crippen LogP contribution in [0.4, 0.5) is 4.79 Å². The van der Waals surface area contributed by atoms with E-state index in [1.54, 1.807) is 50.2 Å². The number of carbonyl (C=O) groups excluding carboxylic acids is 3. The second-order valence-corrected chi connectivity index (χ2v) is 9.05. The summed E-state index contributed by atoms with van der Waals surface area (Å²) >= 11 is 3.33. The number of aliphatic hydroxyl groups excluding tert-OH is 1. The summed E-state index contributed by atoms with van der Waals surface area (Å²) in [7, 11) is 1.27. The number of halogens is 1. The molecule has 3 rings (SSSR count). The third-order valence-corrected chi connectivity index (χ3v) is 5.94. The Kier molecular flexibility index (Phi) is 10.3. The minimum Gasteiger partial charge on any atom is -0.490 e. The van der Waals surface area contributed by atoms with E-state index in [1.807, 2.05) is 0 Å². The third-order valence-electron chi connectivity index (χ3n) is 5.32. The molecule has 1 heterocycles. The zero-order chi connectivity index (χ0) is 28.5. The van der Waals surface area contributed by atoms with Gasteiger partial charge in [-0.25, -0.2) is 9.59 Å². The Morgan fingerprint density at radius 2 is 1.92 bits per heavy atom. The van der Waals surface area contributed by atoms with Crippen LogP contribution < -0.4 is 30.3 Å². The molecule has 0 saturated carbocycles. The molecule has 12 nitrogen and oxygen atoms in total. The lowest BCUT2D eigenvalue weighted by Crippen LogP contribution is -2.45. The SMILES string of the molecule is CCOc1cc([C@H]2NC(=O)NC(C)=C2C(=O)OC)ccc1OC[C@@H](O)N/N=C/c1ccc(OC(C)=O)c(Br)c1. The summed E-state index contributed by atoms with van der Waals surface area (Å²) in [5.74, 6) is 0.0761. The quantitative estimate of drug-likeness (QED) is 0.0995. The number of allylic oxidation sites excluding steroid dienone is 1. The molecule has 0 aliphatic carbocycles. The fourth-order valence-electron chi connectivity index (χ4n) is 3.65. The molecule has 1 aliphatic rings. The summed E-state index contributed by atoms with van der Waals surface area (Å²) in [5, 5.41) is 19.6. The Morgan fingerprint density at radius 3 is 2.59 bits per heavy atom. The van der Waals surface area contributed by atoms with Gasteiger partial charge in [0.1, 0.15) is 12.4 Å². The normalized spacial score (nSPS) is 15.7. The summed E-state index contributed by atoms with van der Waals surface area (Å²) in [6.07, 6.45) is 0.326. The molecular weight excluding hydrogens is 576 g/mol. The first kappa shape index (κ1) is 29.5. The van der Waals surface area contributed by atoms with E-state index < -0.39 is 30.2 Å². The van der Waals surface area contributed by atoms with E-state index in [9.17, 15) is 19.5 Å². The van der Waals surface area contributed by atoms with Crippen LogP contribution in [0.15, 0.2) is 57.2 Å². The van der Waals surface area contributed by atoms with Crippen molar-refractivity contribution < 1.29 is 38.4 Å². The van der Waals surface area contributed by atoms with E-state index >= 15 is 0 Å². The molecular formula is C26H29BrN4O8. The lowest BCUT2D eigenvalue weighted by Gasteiger charge is -2.28. The number of nitrogens with one attached hydrogen (secondary N) is 3. The molecule has 0 spiro atoms. The van der Waals surface area contributed by atoms with E-state index in [0.29, 0.717) is 45.2 Å². The Hall–Kier alpha value is -4.10. The molecule has 13 heteroatoms. The zero-order valence-corrected chi connectivity index (χ0v) is 23.3. The average molecular weight is 605 g/mol. The summed E-state index contributed by atoms with van der Waals surface area (Å²) in [6, 6.07) is 8.76. The summed E-state index contributed by atoms with van der Waals surface area (Å²) < 4.78 is 22.0. The van der Waals surface area contributed by atoms with E-state index in [-0.39, 0.29) is 12.2 Å². The van der Waals surface area contributed by atoms with Gasteiger partial charge in [0.2, 0.25) is 0 Å². The predicted molar refractivity (Wildman–Crippen MR) is 144 cm³/mol. The number of rotatable bonds is 11. The van der Waals surface area contributed by atoms with Gasteiger partial charge in [-0.2, -0.15) is 5.10 Å². The van der Waals surface area contributed by atoms with Crippen molar-refractivity contribution in [1.82, 2.24) is 16.1 Å². The lowest BCUT2D eigenvalue weighted by atomic mass is 9.95. The molecule has 2 aromatic carbocycles. The number of carbonyl (C=O) groups is 3. The smallest absolute Gasteiger partial charge is 0.337 e. The zero-order valence-electron chi connectivity index (χ0n) is 21.7. The van der Waals surface area contributed by atoms with Crippen molar-refractivity contribution in [2.24, 2.45) is 5.10 Å². The van der Waals surface area contributed by atoms with Crippen LogP contribution in [0.1, 0.15) is 37.9 Å². The molecule has 0 bridgehead atoms. The second-order valence-electron chi connectivity index (χ2n) is 8.20. The van der Waals surface area contributed by atoms with E-state index in [0.717, 1.165) is 0 Å². The number of methoxy groups -OCH3 is 1. The predicted octanol–water partition coefficient (Wildman–Crippen LogP) is 2.89. The first-order valence-electron chi connectivity index (χ1n) is 11.8. The molecule has 1 aliphatic heterocycles. The minimum atomic E-state index is -1.15. The minimum absolute atomic E-state index is 0.164. The van der Waals surface area contributed by atoms with Crippen LogP contribution in [0.5, 0.6) is 17.2 Å². The van der Waals surface area contributed by atoms with Gasteiger partial charge in [0.05, 0.1) is 36.0 Å². The van der Waals surface area contributed by atoms with Crippen LogP contribution in [-0.2, 0) is 14.3 Å². The van der Waals surface area contributed by atoms with Crippen molar-refractivity contribution >= 4 is 40.1 Å².